The molecule has 1 radical (unpaired) electrons. The molecule has 2 heteroatoms. The van der Waals surface area contributed by atoms with Gasteiger partial charge in [0.25, 0.3) is 0 Å². The molecule has 2 nitrogen and oxygen atoms in total. The zero-order valence-corrected chi connectivity index (χ0v) is 7.66. The number of nitrogens with zero attached hydrogens (tertiary/aromatic N) is 1. The largest absolute Gasteiger partial charge is 0.289 e. The van der Waals surface area contributed by atoms with E-state index >= 15 is 0 Å². The quantitative estimate of drug-likeness (QED) is 0.590. The van der Waals surface area contributed by atoms with Crippen molar-refractivity contribution in [2.24, 2.45) is 0 Å². The molecule has 65 valence electrons. The summed E-state index contributed by atoms with van der Waals surface area (Å²) >= 11 is 0. The van der Waals surface area contributed by atoms with Gasteiger partial charge in [-0.1, -0.05) is 12.1 Å². The topological polar surface area (TPSA) is 31.2 Å². The molecule has 1 aromatic carbocycles. The highest BCUT2D eigenvalue weighted by Gasteiger charge is 2.17. The van der Waals surface area contributed by atoms with Crippen LogP contribution in [0.4, 0.5) is 5.69 Å². The Morgan fingerprint density at radius 1 is 1.23 bits per heavy atom. The molecule has 0 aliphatic carbocycles. The number of aryl methyl sites for hydroxylation is 1. The summed E-state index contributed by atoms with van der Waals surface area (Å²) in [7, 11) is 0. The van der Waals surface area contributed by atoms with Crippen LogP contribution in [-0.4, -0.2) is 5.78 Å². The van der Waals surface area contributed by atoms with Crippen LogP contribution >= 0.6 is 0 Å². The van der Waals surface area contributed by atoms with E-state index in [0.717, 1.165) is 16.9 Å². The second-order valence-corrected chi connectivity index (χ2v) is 3.23. The molecule has 2 rings (SSSR count). The van der Waals surface area contributed by atoms with E-state index in [1.54, 1.807) is 6.08 Å². The Morgan fingerprint density at radius 3 is 2.77 bits per heavy atom. The molecule has 1 aliphatic rings. The fourth-order valence-electron chi connectivity index (χ4n) is 1.48. The summed E-state index contributed by atoms with van der Waals surface area (Å²) in [6, 6.07) is 5.67. The first-order valence-corrected chi connectivity index (χ1v) is 4.22. The maximum Gasteiger partial charge on any atom is 0.189 e. The average molecular weight is 172 g/mol. The number of carbonyl (C=O) groups is 1. The summed E-state index contributed by atoms with van der Waals surface area (Å²) in [5, 5.41) is 4.34. The Morgan fingerprint density at radius 2 is 2.00 bits per heavy atom. The lowest BCUT2D eigenvalue weighted by Gasteiger charge is -2.15. The zero-order valence-electron chi connectivity index (χ0n) is 7.66. The molecular formula is C11H10NO. The lowest BCUT2D eigenvalue weighted by atomic mass is 10.0. The van der Waals surface area contributed by atoms with E-state index in [4.69, 9.17) is 0 Å². The molecule has 0 atom stereocenters. The summed E-state index contributed by atoms with van der Waals surface area (Å²) in [5.41, 5.74) is 3.38. The van der Waals surface area contributed by atoms with Crippen LogP contribution in [0.25, 0.3) is 0 Å². The lowest BCUT2D eigenvalue weighted by molar-refractivity contribution is 0.104. The van der Waals surface area contributed by atoms with Crippen molar-refractivity contribution in [3.8, 4) is 0 Å². The van der Waals surface area contributed by atoms with E-state index in [2.05, 4.69) is 5.32 Å². The SMILES string of the molecule is CC1=CC(=O)c2cccc(C)c2[N]1. The molecule has 0 unspecified atom stereocenters. The van der Waals surface area contributed by atoms with Gasteiger partial charge in [-0.2, -0.15) is 0 Å². The van der Waals surface area contributed by atoms with Crippen molar-refractivity contribution in [2.45, 2.75) is 13.8 Å². The van der Waals surface area contributed by atoms with E-state index in [-0.39, 0.29) is 5.78 Å². The Kier molecular flexibility index (Phi) is 1.69. The number of hydrogen-bond acceptors (Lipinski definition) is 1. The Labute approximate surface area is 77.3 Å². The minimum Gasteiger partial charge on any atom is -0.289 e. The predicted octanol–water partition coefficient (Wildman–Crippen LogP) is 2.33. The van der Waals surface area contributed by atoms with Crippen LogP contribution < -0.4 is 5.32 Å². The van der Waals surface area contributed by atoms with E-state index < -0.39 is 0 Å². The van der Waals surface area contributed by atoms with Crippen molar-refractivity contribution in [2.75, 3.05) is 0 Å². The average Bonchev–Trinajstić information content (AvgIpc) is 2.07. The number of para-hydroxylation sites is 1. The molecule has 0 fully saturated rings. The van der Waals surface area contributed by atoms with E-state index in [1.807, 2.05) is 32.0 Å². The van der Waals surface area contributed by atoms with Crippen molar-refractivity contribution < 1.29 is 4.79 Å². The van der Waals surface area contributed by atoms with E-state index in [0.29, 0.717) is 5.56 Å². The monoisotopic (exact) mass is 172 g/mol. The highest BCUT2D eigenvalue weighted by molar-refractivity contribution is 6.10. The standard InChI is InChI=1S/C11H10NO/c1-7-4-3-5-9-10(13)6-8(2)12-11(7)9/h3-6H,1-2H3. The summed E-state index contributed by atoms with van der Waals surface area (Å²) in [5.74, 6) is 0.0613. The molecule has 1 aliphatic heterocycles. The summed E-state index contributed by atoms with van der Waals surface area (Å²) in [4.78, 5) is 11.5. The van der Waals surface area contributed by atoms with Gasteiger partial charge in [-0.05, 0) is 25.5 Å². The van der Waals surface area contributed by atoms with Gasteiger partial charge >= 0.3 is 0 Å². The number of allylic oxidation sites excluding steroid dienone is 2. The van der Waals surface area contributed by atoms with Crippen LogP contribution in [0, 0.1) is 6.92 Å². The van der Waals surface area contributed by atoms with E-state index in [1.165, 1.54) is 0 Å². The van der Waals surface area contributed by atoms with Crippen molar-refractivity contribution in [1.29, 1.82) is 0 Å². The minimum atomic E-state index is 0.0613. The first kappa shape index (κ1) is 8.05. The van der Waals surface area contributed by atoms with Crippen molar-refractivity contribution in [3.05, 3.63) is 41.1 Å². The minimum absolute atomic E-state index is 0.0613. The van der Waals surface area contributed by atoms with Crippen LogP contribution in [0.15, 0.2) is 30.0 Å². The number of benzene rings is 1. The molecule has 13 heavy (non-hydrogen) atoms. The van der Waals surface area contributed by atoms with Gasteiger partial charge in [0.2, 0.25) is 0 Å². The van der Waals surface area contributed by atoms with Gasteiger partial charge in [-0.3, -0.25) is 10.1 Å². The number of fused-ring (bicyclic) bond motifs is 1. The molecule has 0 spiro atoms. The van der Waals surface area contributed by atoms with Crippen molar-refractivity contribution in [1.82, 2.24) is 5.32 Å². The summed E-state index contributed by atoms with van der Waals surface area (Å²) in [6.07, 6.45) is 1.57. The van der Waals surface area contributed by atoms with Gasteiger partial charge < -0.3 is 0 Å². The number of ketones is 1. The number of rotatable bonds is 0. The lowest BCUT2D eigenvalue weighted by Crippen LogP contribution is -2.11. The normalized spacial score (nSPS) is 14.6. The molecule has 0 N–H and O–H groups in total. The molecule has 0 aromatic heterocycles. The van der Waals surface area contributed by atoms with Gasteiger partial charge in [0.1, 0.15) is 0 Å². The van der Waals surface area contributed by atoms with Gasteiger partial charge in [0.15, 0.2) is 5.78 Å². The Bertz CT molecular complexity index is 405. The van der Waals surface area contributed by atoms with Crippen LogP contribution in [0.3, 0.4) is 0 Å². The van der Waals surface area contributed by atoms with Gasteiger partial charge in [0.05, 0.1) is 5.69 Å². The van der Waals surface area contributed by atoms with Crippen molar-refractivity contribution >= 4 is 11.5 Å². The van der Waals surface area contributed by atoms with Gasteiger partial charge in [0, 0.05) is 17.3 Å². The van der Waals surface area contributed by atoms with Gasteiger partial charge in [-0.15, -0.1) is 0 Å². The Balaban J connectivity index is 2.62. The maximum atomic E-state index is 11.5. The first-order chi connectivity index (χ1) is 6.18. The van der Waals surface area contributed by atoms with Crippen LogP contribution in [0.2, 0.25) is 0 Å². The maximum absolute atomic E-state index is 11.5. The highest BCUT2D eigenvalue weighted by Crippen LogP contribution is 2.26. The summed E-state index contributed by atoms with van der Waals surface area (Å²) in [6.45, 7) is 3.81. The smallest absolute Gasteiger partial charge is 0.189 e. The second-order valence-electron chi connectivity index (χ2n) is 3.23. The number of hydrogen-bond donors (Lipinski definition) is 0. The third-order valence-electron chi connectivity index (χ3n) is 2.13. The van der Waals surface area contributed by atoms with Crippen LogP contribution in [0.1, 0.15) is 22.8 Å². The fraction of sp³-hybridized carbons (Fsp3) is 0.182. The third-order valence-corrected chi connectivity index (χ3v) is 2.13. The fourth-order valence-corrected chi connectivity index (χ4v) is 1.48. The summed E-state index contributed by atoms with van der Waals surface area (Å²) < 4.78 is 0. The first-order valence-electron chi connectivity index (χ1n) is 4.22. The molecular weight excluding hydrogens is 162 g/mol. The molecule has 0 amide bonds. The number of carbonyl (C=O) groups excluding carboxylic acids is 1. The molecule has 1 aromatic rings. The third kappa shape index (κ3) is 1.24. The second kappa shape index (κ2) is 2.73. The molecule has 0 saturated carbocycles. The van der Waals surface area contributed by atoms with Crippen molar-refractivity contribution in [3.63, 3.8) is 0 Å². The van der Waals surface area contributed by atoms with Crippen LogP contribution in [-0.2, 0) is 0 Å². The molecule has 0 bridgehead atoms. The van der Waals surface area contributed by atoms with Gasteiger partial charge in [-0.25, -0.2) is 0 Å². The van der Waals surface area contributed by atoms with E-state index in [9.17, 15) is 4.79 Å². The highest BCUT2D eigenvalue weighted by atomic mass is 16.1. The predicted molar refractivity (Wildman–Crippen MR) is 51.1 cm³/mol. The molecule has 0 saturated heterocycles. The molecule has 1 heterocycles. The Hall–Kier alpha value is -1.57. The zero-order chi connectivity index (χ0) is 9.42. The van der Waals surface area contributed by atoms with Crippen LogP contribution in [0.5, 0.6) is 0 Å².